The molecule has 0 unspecified atom stereocenters. The van der Waals surface area contributed by atoms with E-state index < -0.39 is 7.82 Å². The Morgan fingerprint density at radius 1 is 1.35 bits per heavy atom. The molecule has 7 N–H and O–H groups in total. The summed E-state index contributed by atoms with van der Waals surface area (Å²) >= 11 is 2.87. The van der Waals surface area contributed by atoms with Gasteiger partial charge in [-0.3, -0.25) is 10.3 Å². The molecule has 94 valence electrons. The van der Waals surface area contributed by atoms with Crippen LogP contribution in [0.3, 0.4) is 0 Å². The SMILES string of the molecule is Nc1nc(-c2csc(N)[nH+]2)cs1.O=P([O-])(O)O. The highest BCUT2D eigenvalue weighted by Gasteiger charge is 2.08. The molecule has 0 atom stereocenters. The molecule has 0 amide bonds. The molecule has 17 heavy (non-hydrogen) atoms. The summed E-state index contributed by atoms with van der Waals surface area (Å²) in [4.78, 5) is 30.0. The Morgan fingerprint density at radius 3 is 2.29 bits per heavy atom. The van der Waals surface area contributed by atoms with Gasteiger partial charge < -0.3 is 20.4 Å². The van der Waals surface area contributed by atoms with Crippen LogP contribution in [0.4, 0.5) is 10.3 Å². The van der Waals surface area contributed by atoms with Crippen molar-refractivity contribution in [1.29, 1.82) is 0 Å². The van der Waals surface area contributed by atoms with E-state index >= 15 is 0 Å². The van der Waals surface area contributed by atoms with Gasteiger partial charge in [0.1, 0.15) is 5.69 Å². The molecule has 0 aliphatic rings. The fourth-order valence-corrected chi connectivity index (χ4v) is 2.01. The molecule has 0 aliphatic carbocycles. The van der Waals surface area contributed by atoms with E-state index in [1.165, 1.54) is 22.7 Å². The van der Waals surface area contributed by atoms with E-state index in [2.05, 4.69) is 9.97 Å². The van der Waals surface area contributed by atoms with Crippen LogP contribution in [-0.2, 0) is 4.57 Å². The Balaban J connectivity index is 0.000000249. The summed E-state index contributed by atoms with van der Waals surface area (Å²) in [6, 6.07) is 0. The lowest BCUT2D eigenvalue weighted by Crippen LogP contribution is -2.06. The Bertz CT molecular complexity index is 489. The highest BCUT2D eigenvalue weighted by Crippen LogP contribution is 2.22. The van der Waals surface area contributed by atoms with E-state index in [4.69, 9.17) is 30.7 Å². The lowest BCUT2D eigenvalue weighted by atomic mass is 10.4. The number of rotatable bonds is 1. The Morgan fingerprint density at radius 2 is 1.94 bits per heavy atom. The summed E-state index contributed by atoms with van der Waals surface area (Å²) in [6.07, 6.45) is 0. The Labute approximate surface area is 104 Å². The van der Waals surface area contributed by atoms with E-state index in [0.717, 1.165) is 11.4 Å². The van der Waals surface area contributed by atoms with E-state index in [0.29, 0.717) is 10.3 Å². The first-order chi connectivity index (χ1) is 7.75. The molecule has 2 heterocycles. The number of anilines is 2. The summed E-state index contributed by atoms with van der Waals surface area (Å²) in [7, 11) is -4.89. The second kappa shape index (κ2) is 5.54. The zero-order chi connectivity index (χ0) is 13.1. The van der Waals surface area contributed by atoms with E-state index in [1.807, 2.05) is 10.8 Å². The smallest absolute Gasteiger partial charge is 0.329 e. The van der Waals surface area contributed by atoms with Gasteiger partial charge >= 0.3 is 5.13 Å². The molecule has 2 aromatic rings. The number of aromatic nitrogens is 2. The number of H-pyrrole nitrogens is 1. The van der Waals surface area contributed by atoms with Crippen LogP contribution in [0.25, 0.3) is 11.4 Å². The van der Waals surface area contributed by atoms with Gasteiger partial charge in [-0.15, -0.1) is 11.3 Å². The van der Waals surface area contributed by atoms with Gasteiger partial charge in [0.2, 0.25) is 0 Å². The van der Waals surface area contributed by atoms with Crippen LogP contribution in [0.2, 0.25) is 0 Å². The van der Waals surface area contributed by atoms with Crippen LogP contribution in [-0.4, -0.2) is 14.8 Å². The highest BCUT2D eigenvalue weighted by molar-refractivity contribution is 7.43. The van der Waals surface area contributed by atoms with Crippen molar-refractivity contribution in [2.24, 2.45) is 0 Å². The Hall–Kier alpha value is -1.03. The third kappa shape index (κ3) is 5.73. The molecule has 2 aromatic heterocycles. The van der Waals surface area contributed by atoms with Gasteiger partial charge in [-0.2, -0.15) is 0 Å². The number of hydrogen-bond donors (Lipinski definition) is 4. The van der Waals surface area contributed by atoms with E-state index in [-0.39, 0.29) is 0 Å². The molecule has 0 saturated heterocycles. The second-order valence-electron chi connectivity index (χ2n) is 2.70. The van der Waals surface area contributed by atoms with Crippen molar-refractivity contribution in [3.8, 4) is 11.4 Å². The molecule has 0 saturated carbocycles. The molecule has 0 spiro atoms. The number of nitrogen functional groups attached to an aromatic ring is 2. The van der Waals surface area contributed by atoms with Crippen molar-refractivity contribution in [3.05, 3.63) is 10.8 Å². The number of aromatic amines is 1. The van der Waals surface area contributed by atoms with Crippen LogP contribution in [0.5, 0.6) is 0 Å². The Kier molecular flexibility index (Phi) is 4.57. The maximum atomic E-state index is 8.77. The van der Waals surface area contributed by atoms with Gasteiger partial charge in [0, 0.05) is 10.8 Å². The highest BCUT2D eigenvalue weighted by atomic mass is 32.1. The minimum Gasteiger partial charge on any atom is -0.756 e. The van der Waals surface area contributed by atoms with Crippen molar-refractivity contribution >= 4 is 40.8 Å². The maximum absolute atomic E-state index is 8.77. The monoisotopic (exact) mass is 296 g/mol. The zero-order valence-corrected chi connectivity index (χ0v) is 10.8. The van der Waals surface area contributed by atoms with Crippen LogP contribution < -0.4 is 21.3 Å². The number of thiazole rings is 2. The summed E-state index contributed by atoms with van der Waals surface area (Å²) in [5.41, 5.74) is 12.8. The summed E-state index contributed by atoms with van der Waals surface area (Å²) in [5.74, 6) is 0. The van der Waals surface area contributed by atoms with Crippen molar-refractivity contribution in [1.82, 2.24) is 4.98 Å². The first kappa shape index (κ1) is 14.0. The minimum atomic E-state index is -4.89. The third-order valence-corrected chi connectivity index (χ3v) is 2.74. The van der Waals surface area contributed by atoms with Crippen LogP contribution in [0.1, 0.15) is 0 Å². The summed E-state index contributed by atoms with van der Waals surface area (Å²) in [5, 5.41) is 5.07. The molecule has 0 aliphatic heterocycles. The van der Waals surface area contributed by atoms with Crippen LogP contribution in [0, 0.1) is 0 Å². The maximum Gasteiger partial charge on any atom is 0.329 e. The molecule has 0 bridgehead atoms. The zero-order valence-electron chi connectivity index (χ0n) is 8.23. The standard InChI is InChI=1S/C6H6N4S2.H3O4P/c7-5-9-3(1-11-5)4-2-12-6(8)10-4;1-5(2,3)4/h1-2H,(H2,7,9)(H2,8,10);(H3,1,2,3,4). The van der Waals surface area contributed by atoms with Gasteiger partial charge in [0.15, 0.2) is 10.8 Å². The molecule has 2 rings (SSSR count). The van der Waals surface area contributed by atoms with Crippen molar-refractivity contribution in [2.75, 3.05) is 11.5 Å². The quantitative estimate of drug-likeness (QED) is 0.505. The van der Waals surface area contributed by atoms with Gasteiger partial charge in [0.05, 0.1) is 0 Å². The fraction of sp³-hybridized carbons (Fsp3) is 0. The van der Waals surface area contributed by atoms with Crippen molar-refractivity contribution in [3.63, 3.8) is 0 Å². The van der Waals surface area contributed by atoms with E-state index in [9.17, 15) is 0 Å². The topological polar surface area (TPSA) is 160 Å². The summed E-state index contributed by atoms with van der Waals surface area (Å²) < 4.78 is 8.77. The van der Waals surface area contributed by atoms with Gasteiger partial charge in [0.25, 0.3) is 7.82 Å². The van der Waals surface area contributed by atoms with Gasteiger partial charge in [-0.05, 0) is 0 Å². The third-order valence-electron chi connectivity index (χ3n) is 1.36. The lowest BCUT2D eigenvalue weighted by molar-refractivity contribution is -0.340. The van der Waals surface area contributed by atoms with Crippen molar-refractivity contribution in [2.45, 2.75) is 0 Å². The minimum absolute atomic E-state index is 0.572. The lowest BCUT2D eigenvalue weighted by Gasteiger charge is -2.01. The largest absolute Gasteiger partial charge is 0.756 e. The predicted molar refractivity (Wildman–Crippen MR) is 62.9 cm³/mol. The van der Waals surface area contributed by atoms with Gasteiger partial charge in [-0.1, -0.05) is 11.3 Å². The average molecular weight is 296 g/mol. The number of phosphoric acid groups is 1. The first-order valence-electron chi connectivity index (χ1n) is 4.00. The number of nitrogens with zero attached hydrogens (tertiary/aromatic N) is 1. The predicted octanol–water partition coefficient (Wildman–Crippen LogP) is -0.711. The molecular weight excluding hydrogens is 287 g/mol. The van der Waals surface area contributed by atoms with E-state index in [1.54, 1.807) is 0 Å². The normalized spacial score (nSPS) is 10.8. The van der Waals surface area contributed by atoms with Crippen LogP contribution in [0.15, 0.2) is 10.8 Å². The number of nitrogens with two attached hydrogens (primary N) is 2. The number of nitrogens with one attached hydrogen (secondary N) is 1. The average Bonchev–Trinajstić information content (AvgIpc) is 2.71. The summed E-state index contributed by atoms with van der Waals surface area (Å²) in [6.45, 7) is 0. The molecular formula is C6H9N4O4PS2. The molecule has 0 radical (unpaired) electrons. The van der Waals surface area contributed by atoms with Crippen LogP contribution >= 0.6 is 30.5 Å². The fourth-order valence-electron chi connectivity index (χ4n) is 0.850. The first-order valence-corrected chi connectivity index (χ1v) is 7.29. The molecule has 8 nitrogen and oxygen atoms in total. The van der Waals surface area contributed by atoms with Gasteiger partial charge in [-0.25, -0.2) is 9.97 Å². The molecule has 11 heteroatoms. The number of hydrogen-bond acceptors (Lipinski definition) is 7. The molecule has 0 fully saturated rings. The second-order valence-corrected chi connectivity index (χ2v) is 5.48. The van der Waals surface area contributed by atoms with Crippen molar-refractivity contribution < 1.29 is 24.2 Å². The molecule has 0 aromatic carbocycles.